The van der Waals surface area contributed by atoms with Crippen LogP contribution in [0.5, 0.6) is 5.88 Å². The summed E-state index contributed by atoms with van der Waals surface area (Å²) < 4.78 is 5.77. The number of hydrogen-bond donors (Lipinski definition) is 1. The average Bonchev–Trinajstić information content (AvgIpc) is 3.06. The van der Waals surface area contributed by atoms with Crippen molar-refractivity contribution in [1.82, 2.24) is 10.2 Å². The number of nitrogens with zero attached hydrogens (tertiary/aromatic N) is 2. The molecule has 122 valence electrons. The average molecular weight is 311 g/mol. The molecule has 0 aliphatic carbocycles. The summed E-state index contributed by atoms with van der Waals surface area (Å²) in [6.45, 7) is 10.1. The Kier molecular flexibility index (Phi) is 8.83. The topological polar surface area (TPSA) is 50.3 Å². The Morgan fingerprint density at radius 3 is 2.74 bits per heavy atom. The van der Waals surface area contributed by atoms with E-state index in [0.29, 0.717) is 12.5 Å². The second kappa shape index (κ2) is 11.0. The summed E-state index contributed by atoms with van der Waals surface area (Å²) >= 11 is 0. The molecule has 0 aliphatic heterocycles. The first kappa shape index (κ1) is 18.4. The van der Waals surface area contributed by atoms with Gasteiger partial charge in [-0.1, -0.05) is 62.9 Å². The Labute approximate surface area is 138 Å². The Morgan fingerprint density at radius 2 is 2.04 bits per heavy atom. The smallest absolute Gasteiger partial charge is 0.213 e. The maximum Gasteiger partial charge on any atom is 0.213 e. The fourth-order valence-electron chi connectivity index (χ4n) is 1.78. The van der Waals surface area contributed by atoms with Gasteiger partial charge in [0.05, 0.1) is 6.20 Å². The van der Waals surface area contributed by atoms with Crippen LogP contribution < -0.4 is 4.74 Å². The molecule has 1 aromatic carbocycles. The van der Waals surface area contributed by atoms with Crippen LogP contribution in [-0.2, 0) is 13.0 Å². The molecule has 1 heterocycles. The number of aliphatic imine (C=N–C) groups is 1. The van der Waals surface area contributed by atoms with Crippen molar-refractivity contribution in [2.75, 3.05) is 0 Å². The van der Waals surface area contributed by atoms with Crippen LogP contribution in [0.2, 0.25) is 0 Å². The van der Waals surface area contributed by atoms with E-state index < -0.39 is 0 Å². The standard InChI is InChI=1S/C17H19N3O.C2H6/c1-3-11-18-14(2)9-10-16-12-19-20-17(16)21-13-15-7-5-4-6-8-15;1-2/h3-9,11-12H,1,10,13H2,2H3,(H,19,20);1-2H3/b14-9-,18-11?;. The van der Waals surface area contributed by atoms with Gasteiger partial charge in [-0.15, -0.1) is 0 Å². The van der Waals surface area contributed by atoms with Gasteiger partial charge in [0, 0.05) is 17.5 Å². The fraction of sp³-hybridized carbons (Fsp3) is 0.263. The van der Waals surface area contributed by atoms with Crippen LogP contribution in [0.1, 0.15) is 31.9 Å². The molecule has 0 saturated carbocycles. The highest BCUT2D eigenvalue weighted by Crippen LogP contribution is 2.17. The van der Waals surface area contributed by atoms with Crippen molar-refractivity contribution in [3.63, 3.8) is 0 Å². The number of aromatic nitrogens is 2. The first-order valence-corrected chi connectivity index (χ1v) is 7.80. The molecule has 1 aromatic heterocycles. The molecular weight excluding hydrogens is 286 g/mol. The maximum absolute atomic E-state index is 5.77. The lowest BCUT2D eigenvalue weighted by Crippen LogP contribution is -1.97. The lowest BCUT2D eigenvalue weighted by molar-refractivity contribution is 0.291. The van der Waals surface area contributed by atoms with Crippen LogP contribution in [0.4, 0.5) is 0 Å². The molecule has 4 heteroatoms. The molecule has 0 spiro atoms. The number of H-pyrrole nitrogens is 1. The van der Waals surface area contributed by atoms with Gasteiger partial charge in [0.15, 0.2) is 0 Å². The summed E-state index contributed by atoms with van der Waals surface area (Å²) in [4.78, 5) is 4.21. The summed E-state index contributed by atoms with van der Waals surface area (Å²) in [6.07, 6.45) is 7.86. The van der Waals surface area contributed by atoms with E-state index in [1.165, 1.54) is 0 Å². The van der Waals surface area contributed by atoms with Crippen molar-refractivity contribution < 1.29 is 4.74 Å². The van der Waals surface area contributed by atoms with Crippen LogP contribution in [0.3, 0.4) is 0 Å². The van der Waals surface area contributed by atoms with E-state index in [1.54, 1.807) is 18.5 Å². The zero-order valence-corrected chi connectivity index (χ0v) is 14.1. The quantitative estimate of drug-likeness (QED) is 0.752. The summed E-state index contributed by atoms with van der Waals surface area (Å²) in [5, 5.41) is 6.93. The molecule has 2 rings (SSSR count). The predicted molar refractivity (Wildman–Crippen MR) is 96.9 cm³/mol. The highest BCUT2D eigenvalue weighted by molar-refractivity contribution is 5.71. The lowest BCUT2D eigenvalue weighted by Gasteiger charge is -2.05. The molecule has 4 nitrogen and oxygen atoms in total. The van der Waals surface area contributed by atoms with E-state index in [1.807, 2.05) is 57.2 Å². The monoisotopic (exact) mass is 311 g/mol. The number of rotatable bonds is 7. The number of ether oxygens (including phenoxy) is 1. The summed E-state index contributed by atoms with van der Waals surface area (Å²) in [7, 11) is 0. The molecule has 23 heavy (non-hydrogen) atoms. The van der Waals surface area contributed by atoms with Crippen LogP contribution in [0, 0.1) is 0 Å². The normalized spacial score (nSPS) is 11.0. The molecule has 0 amide bonds. The second-order valence-electron chi connectivity index (χ2n) is 4.56. The zero-order chi connectivity index (χ0) is 16.9. The Balaban J connectivity index is 0.00000127. The van der Waals surface area contributed by atoms with E-state index >= 15 is 0 Å². The molecule has 0 bridgehead atoms. The van der Waals surface area contributed by atoms with Gasteiger partial charge in [0.2, 0.25) is 5.88 Å². The van der Waals surface area contributed by atoms with Gasteiger partial charge >= 0.3 is 0 Å². The highest BCUT2D eigenvalue weighted by atomic mass is 16.5. The molecule has 0 saturated heterocycles. The lowest BCUT2D eigenvalue weighted by atomic mass is 10.2. The minimum Gasteiger partial charge on any atom is -0.473 e. The summed E-state index contributed by atoms with van der Waals surface area (Å²) in [5.41, 5.74) is 3.07. The highest BCUT2D eigenvalue weighted by Gasteiger charge is 2.05. The molecule has 0 radical (unpaired) electrons. The van der Waals surface area contributed by atoms with Crippen molar-refractivity contribution >= 4 is 6.21 Å². The molecule has 0 atom stereocenters. The van der Waals surface area contributed by atoms with Crippen LogP contribution >= 0.6 is 0 Å². The second-order valence-corrected chi connectivity index (χ2v) is 4.56. The SMILES string of the molecule is C=CC=N/C(C)=C\Cc1cn[nH]c1OCc1ccccc1.CC. The summed E-state index contributed by atoms with van der Waals surface area (Å²) in [6, 6.07) is 10.0. The fourth-order valence-corrected chi connectivity index (χ4v) is 1.78. The molecular formula is C19H25N3O. The summed E-state index contributed by atoms with van der Waals surface area (Å²) in [5.74, 6) is 0.704. The van der Waals surface area contributed by atoms with Crippen LogP contribution in [0.15, 0.2) is 65.9 Å². The van der Waals surface area contributed by atoms with Crippen LogP contribution in [-0.4, -0.2) is 16.4 Å². The minimum atomic E-state index is 0.521. The zero-order valence-electron chi connectivity index (χ0n) is 14.1. The van der Waals surface area contributed by atoms with Gasteiger partial charge in [0.1, 0.15) is 6.61 Å². The predicted octanol–water partition coefficient (Wildman–Crippen LogP) is 4.72. The third kappa shape index (κ3) is 6.78. The largest absolute Gasteiger partial charge is 0.473 e. The van der Waals surface area contributed by atoms with Gasteiger partial charge in [-0.25, -0.2) is 5.10 Å². The Hall–Kier alpha value is -2.62. The van der Waals surface area contributed by atoms with E-state index in [2.05, 4.69) is 21.8 Å². The number of allylic oxidation sites excluding steroid dienone is 3. The van der Waals surface area contributed by atoms with Crippen molar-refractivity contribution in [3.05, 3.63) is 72.1 Å². The van der Waals surface area contributed by atoms with Gasteiger partial charge < -0.3 is 4.74 Å². The van der Waals surface area contributed by atoms with Crippen molar-refractivity contribution in [2.45, 2.75) is 33.8 Å². The first-order chi connectivity index (χ1) is 11.3. The molecule has 0 unspecified atom stereocenters. The Bertz CT molecular complexity index is 627. The van der Waals surface area contributed by atoms with Crippen molar-refractivity contribution in [2.24, 2.45) is 4.99 Å². The minimum absolute atomic E-state index is 0.521. The van der Waals surface area contributed by atoms with Crippen molar-refractivity contribution in [1.29, 1.82) is 0 Å². The molecule has 2 aromatic rings. The van der Waals surface area contributed by atoms with Gasteiger partial charge in [-0.3, -0.25) is 4.99 Å². The first-order valence-electron chi connectivity index (χ1n) is 7.80. The Morgan fingerprint density at radius 1 is 1.30 bits per heavy atom. The van der Waals surface area contributed by atoms with Gasteiger partial charge in [-0.2, -0.15) is 5.10 Å². The molecule has 0 aliphatic rings. The number of nitrogens with one attached hydrogen (secondary N) is 1. The maximum atomic E-state index is 5.77. The number of hydrogen-bond acceptors (Lipinski definition) is 3. The molecule has 0 fully saturated rings. The third-order valence-corrected chi connectivity index (χ3v) is 2.91. The van der Waals surface area contributed by atoms with Gasteiger partial charge in [-0.05, 0) is 18.9 Å². The van der Waals surface area contributed by atoms with Crippen LogP contribution in [0.25, 0.3) is 0 Å². The third-order valence-electron chi connectivity index (χ3n) is 2.91. The van der Waals surface area contributed by atoms with Gasteiger partial charge in [0.25, 0.3) is 0 Å². The van der Waals surface area contributed by atoms with Crippen molar-refractivity contribution in [3.8, 4) is 5.88 Å². The molecule has 1 N–H and O–H groups in total. The van der Waals surface area contributed by atoms with E-state index in [9.17, 15) is 0 Å². The van der Waals surface area contributed by atoms with E-state index in [0.717, 1.165) is 23.2 Å². The van der Waals surface area contributed by atoms with E-state index in [4.69, 9.17) is 4.74 Å². The van der Waals surface area contributed by atoms with E-state index in [-0.39, 0.29) is 0 Å². The number of aromatic amines is 1. The number of benzene rings is 1.